The Labute approximate surface area is 340 Å². The summed E-state index contributed by atoms with van der Waals surface area (Å²) in [5.41, 5.74) is 12.2. The van der Waals surface area contributed by atoms with Gasteiger partial charge in [0.05, 0.1) is 11.6 Å². The fourth-order valence-electron chi connectivity index (χ4n) is 10.9. The van der Waals surface area contributed by atoms with Crippen LogP contribution in [0.5, 0.6) is 0 Å². The third-order valence-corrected chi connectivity index (χ3v) is 13.3. The predicted molar refractivity (Wildman–Crippen MR) is 235 cm³/mol. The maximum atomic E-state index is 9.48. The molecule has 0 unspecified atom stereocenters. The Balaban J connectivity index is 1.02. The van der Waals surface area contributed by atoms with Gasteiger partial charge >= 0.3 is 0 Å². The monoisotopic (exact) mass is 746 g/mol. The zero-order valence-electron chi connectivity index (χ0n) is 32.4. The van der Waals surface area contributed by atoms with Crippen molar-refractivity contribution in [1.82, 2.24) is 15.0 Å². The first kappa shape index (κ1) is 34.5. The Morgan fingerprint density at radius 2 is 0.845 bits per heavy atom. The third-order valence-electron chi connectivity index (χ3n) is 13.3. The van der Waals surface area contributed by atoms with E-state index in [0.29, 0.717) is 28.5 Å². The van der Waals surface area contributed by atoms with Crippen LogP contribution in [-0.2, 0) is 5.41 Å². The van der Waals surface area contributed by atoms with Crippen molar-refractivity contribution in [3.63, 3.8) is 0 Å². The van der Waals surface area contributed by atoms with E-state index in [4.69, 9.17) is 15.0 Å². The molecule has 58 heavy (non-hydrogen) atoms. The topological polar surface area (TPSA) is 62.5 Å². The lowest BCUT2D eigenvalue weighted by Crippen LogP contribution is -2.48. The van der Waals surface area contributed by atoms with Gasteiger partial charge in [-0.3, -0.25) is 0 Å². The summed E-state index contributed by atoms with van der Waals surface area (Å²) in [7, 11) is 0. The molecule has 1 heterocycles. The number of hydrogen-bond donors (Lipinski definition) is 0. The minimum Gasteiger partial charge on any atom is -0.208 e. The highest BCUT2D eigenvalue weighted by Crippen LogP contribution is 2.60. The second-order valence-corrected chi connectivity index (χ2v) is 17.1. The molecule has 0 spiro atoms. The lowest BCUT2D eigenvalue weighted by atomic mass is 9.48. The normalized spacial score (nSPS) is 20.6. The zero-order chi connectivity index (χ0) is 38.6. The molecule has 12 rings (SSSR count). The van der Waals surface area contributed by atoms with E-state index < -0.39 is 0 Å². The van der Waals surface area contributed by atoms with Crippen LogP contribution < -0.4 is 0 Å². The van der Waals surface area contributed by atoms with Crippen LogP contribution in [0.4, 0.5) is 0 Å². The number of fused-ring (bicyclic) bond motifs is 1. The van der Waals surface area contributed by atoms with Gasteiger partial charge in [-0.15, -0.1) is 0 Å². The Morgan fingerprint density at radius 3 is 1.38 bits per heavy atom. The van der Waals surface area contributed by atoms with Crippen LogP contribution in [0.15, 0.2) is 164 Å². The second kappa shape index (κ2) is 14.0. The Bertz CT molecular complexity index is 2760. The SMILES string of the molecule is N#Cc1ccc2ccc(-c3ccc(-c4cc(-c5ccc(C67C[C@H]8C[C@@H](C6)C[C@@H](C7)C8)cc5)cc(-c5nc(-c6ccccc6)nc(-c6ccccc6)n5)c4)cc3)cc2c1. The molecule has 278 valence electrons. The van der Waals surface area contributed by atoms with E-state index in [0.717, 1.165) is 73.0 Å². The molecule has 7 aromatic carbocycles. The maximum Gasteiger partial charge on any atom is 0.164 e. The highest BCUT2D eigenvalue weighted by atomic mass is 15.0. The molecule has 0 amide bonds. The molecular formula is C54H42N4. The molecule has 0 N–H and O–H groups in total. The number of nitrogens with zero attached hydrogens (tertiary/aromatic N) is 4. The largest absolute Gasteiger partial charge is 0.208 e. The van der Waals surface area contributed by atoms with E-state index in [1.807, 2.05) is 54.6 Å². The Kier molecular flexibility index (Phi) is 8.36. The molecular weight excluding hydrogens is 705 g/mol. The average molecular weight is 747 g/mol. The van der Waals surface area contributed by atoms with E-state index >= 15 is 0 Å². The van der Waals surface area contributed by atoms with Gasteiger partial charge in [0, 0.05) is 16.7 Å². The second-order valence-electron chi connectivity index (χ2n) is 17.1. The average Bonchev–Trinajstić information content (AvgIpc) is 3.28. The van der Waals surface area contributed by atoms with Crippen LogP contribution >= 0.6 is 0 Å². The van der Waals surface area contributed by atoms with Crippen molar-refractivity contribution in [2.45, 2.75) is 43.9 Å². The van der Waals surface area contributed by atoms with Crippen LogP contribution in [0, 0.1) is 29.1 Å². The number of rotatable bonds is 7. The first-order valence-electron chi connectivity index (χ1n) is 20.7. The summed E-state index contributed by atoms with van der Waals surface area (Å²) in [4.78, 5) is 15.3. The van der Waals surface area contributed by atoms with Crippen LogP contribution in [-0.4, -0.2) is 15.0 Å². The first-order chi connectivity index (χ1) is 28.5. The predicted octanol–water partition coefficient (Wildman–Crippen LogP) is 13.4. The van der Waals surface area contributed by atoms with Crippen LogP contribution in [0.25, 0.3) is 78.3 Å². The van der Waals surface area contributed by atoms with E-state index in [9.17, 15) is 5.26 Å². The van der Waals surface area contributed by atoms with E-state index in [1.54, 1.807) is 0 Å². The van der Waals surface area contributed by atoms with Crippen molar-refractivity contribution >= 4 is 10.8 Å². The highest BCUT2D eigenvalue weighted by molar-refractivity contribution is 5.89. The molecule has 4 aliphatic rings. The number of hydrogen-bond acceptors (Lipinski definition) is 4. The quantitative estimate of drug-likeness (QED) is 0.163. The van der Waals surface area contributed by atoms with Gasteiger partial charge in [0.15, 0.2) is 17.5 Å². The van der Waals surface area contributed by atoms with Crippen molar-refractivity contribution in [1.29, 1.82) is 5.26 Å². The fraction of sp³-hybridized carbons (Fsp3) is 0.185. The van der Waals surface area contributed by atoms with Crippen LogP contribution in [0.1, 0.15) is 49.7 Å². The third kappa shape index (κ3) is 6.38. The van der Waals surface area contributed by atoms with Gasteiger partial charge in [0.2, 0.25) is 0 Å². The molecule has 4 fully saturated rings. The molecule has 1 aromatic heterocycles. The molecule has 0 aliphatic heterocycles. The van der Waals surface area contributed by atoms with Gasteiger partial charge in [-0.25, -0.2) is 15.0 Å². The summed E-state index contributed by atoms with van der Waals surface area (Å²) in [6.45, 7) is 0. The van der Waals surface area contributed by atoms with Gasteiger partial charge in [-0.1, -0.05) is 127 Å². The lowest BCUT2D eigenvalue weighted by Gasteiger charge is -2.57. The summed E-state index contributed by atoms with van der Waals surface area (Å²) in [6.07, 6.45) is 8.44. The standard InChI is InChI=1S/C54H42N4/c55-34-35-11-12-40-17-18-45(27-46(40)26-35)39-13-15-41(16-14-39)47-28-48(42-19-21-50(22-20-42)54-31-36-23-37(32-54)25-38(24-36)33-54)30-49(29-47)53-57-51(43-7-3-1-4-8-43)56-52(58-53)44-9-5-2-6-10-44/h1-22,26-30,36-38H,23-25,31-33H2/t36-,37+,38-,54?. The summed E-state index contributed by atoms with van der Waals surface area (Å²) >= 11 is 0. The van der Waals surface area contributed by atoms with Gasteiger partial charge in [-0.05, 0) is 148 Å². The number of benzene rings is 7. The van der Waals surface area contributed by atoms with Crippen molar-refractivity contribution in [3.8, 4) is 73.6 Å². The molecule has 0 atom stereocenters. The number of aromatic nitrogens is 3. The van der Waals surface area contributed by atoms with Crippen molar-refractivity contribution < 1.29 is 0 Å². The Morgan fingerprint density at radius 1 is 0.397 bits per heavy atom. The lowest BCUT2D eigenvalue weighted by molar-refractivity contribution is -0.00518. The molecule has 0 saturated heterocycles. The first-order valence-corrected chi connectivity index (χ1v) is 20.7. The molecule has 4 heteroatoms. The summed E-state index contributed by atoms with van der Waals surface area (Å²) < 4.78 is 0. The number of nitriles is 1. The van der Waals surface area contributed by atoms with E-state index in [1.165, 1.54) is 49.7 Å². The van der Waals surface area contributed by atoms with Crippen molar-refractivity contribution in [3.05, 3.63) is 175 Å². The zero-order valence-corrected chi connectivity index (χ0v) is 32.4. The molecule has 4 bridgehead atoms. The van der Waals surface area contributed by atoms with Gasteiger partial charge in [-0.2, -0.15) is 5.26 Å². The summed E-state index contributed by atoms with van der Waals surface area (Å²) in [5.74, 6) is 4.69. The van der Waals surface area contributed by atoms with E-state index in [-0.39, 0.29) is 0 Å². The molecule has 4 aliphatic carbocycles. The minimum atomic E-state index is 0.359. The van der Waals surface area contributed by atoms with E-state index in [2.05, 4.69) is 115 Å². The van der Waals surface area contributed by atoms with Gasteiger partial charge in [0.25, 0.3) is 0 Å². The van der Waals surface area contributed by atoms with Gasteiger partial charge < -0.3 is 0 Å². The van der Waals surface area contributed by atoms with Gasteiger partial charge in [0.1, 0.15) is 0 Å². The van der Waals surface area contributed by atoms with Crippen molar-refractivity contribution in [2.75, 3.05) is 0 Å². The molecule has 0 radical (unpaired) electrons. The van der Waals surface area contributed by atoms with Crippen LogP contribution in [0.2, 0.25) is 0 Å². The summed E-state index contributed by atoms with van der Waals surface area (Å²) in [5, 5.41) is 11.7. The molecule has 4 nitrogen and oxygen atoms in total. The maximum absolute atomic E-state index is 9.48. The van der Waals surface area contributed by atoms with Crippen LogP contribution in [0.3, 0.4) is 0 Å². The molecule has 8 aromatic rings. The summed E-state index contributed by atoms with van der Waals surface area (Å²) in [6, 6.07) is 60.1. The minimum absolute atomic E-state index is 0.359. The molecule has 4 saturated carbocycles. The highest BCUT2D eigenvalue weighted by Gasteiger charge is 2.51. The fourth-order valence-corrected chi connectivity index (χ4v) is 10.9. The Hall–Kier alpha value is -6.70. The smallest absolute Gasteiger partial charge is 0.164 e. The van der Waals surface area contributed by atoms with Crippen molar-refractivity contribution in [2.24, 2.45) is 17.8 Å².